The number of nitriles is 1. The first-order chi connectivity index (χ1) is 15.2. The van der Waals surface area contributed by atoms with E-state index in [4.69, 9.17) is 10.00 Å². The topological polar surface area (TPSA) is 68.9 Å². The molecule has 0 radical (unpaired) electrons. The lowest BCUT2D eigenvalue weighted by atomic mass is 10.2. The van der Waals surface area contributed by atoms with E-state index in [1.807, 2.05) is 60.7 Å². The van der Waals surface area contributed by atoms with Gasteiger partial charge in [0, 0.05) is 39.1 Å². The lowest BCUT2D eigenvalue weighted by Gasteiger charge is -2.34. The quantitative estimate of drug-likeness (QED) is 0.648. The first-order valence-electron chi connectivity index (χ1n) is 10.3. The van der Waals surface area contributed by atoms with Gasteiger partial charge in [-0.3, -0.25) is 9.69 Å². The minimum atomic E-state index is -0.184. The van der Waals surface area contributed by atoms with Crippen molar-refractivity contribution < 1.29 is 9.53 Å². The minimum Gasteiger partial charge on any atom is -0.489 e. The second-order valence-corrected chi connectivity index (χ2v) is 8.40. The minimum absolute atomic E-state index is 0.184. The van der Waals surface area contributed by atoms with Crippen molar-refractivity contribution in [3.05, 3.63) is 70.6 Å². The second-order valence-electron chi connectivity index (χ2n) is 7.39. The number of aliphatic imine (C=N–C) groups is 1. The van der Waals surface area contributed by atoms with Crippen LogP contribution in [-0.2, 0) is 11.4 Å². The molecule has 4 rings (SSSR count). The van der Waals surface area contributed by atoms with Crippen molar-refractivity contribution >= 4 is 28.9 Å². The monoisotopic (exact) mass is 432 g/mol. The molecule has 0 aliphatic carbocycles. The summed E-state index contributed by atoms with van der Waals surface area (Å²) in [6, 6.07) is 20.0. The highest BCUT2D eigenvalue weighted by Gasteiger charge is 2.28. The Kier molecular flexibility index (Phi) is 7.03. The van der Waals surface area contributed by atoms with Crippen LogP contribution in [0.5, 0.6) is 5.75 Å². The number of ether oxygens (including phenoxy) is 1. The number of hydrogen-bond acceptors (Lipinski definition) is 6. The predicted molar refractivity (Wildman–Crippen MR) is 123 cm³/mol. The third kappa shape index (κ3) is 5.75. The normalized spacial score (nSPS) is 18.2. The van der Waals surface area contributed by atoms with E-state index in [-0.39, 0.29) is 5.91 Å². The largest absolute Gasteiger partial charge is 0.489 e. The summed E-state index contributed by atoms with van der Waals surface area (Å²) in [5.74, 6) is 0.610. The number of amides is 1. The Hall–Kier alpha value is -3.08. The van der Waals surface area contributed by atoms with Crippen LogP contribution in [0.25, 0.3) is 6.08 Å². The maximum atomic E-state index is 12.4. The molecule has 6 nitrogen and oxygen atoms in total. The van der Waals surface area contributed by atoms with E-state index in [1.54, 1.807) is 0 Å². The zero-order valence-corrected chi connectivity index (χ0v) is 18.1. The predicted octanol–water partition coefficient (Wildman–Crippen LogP) is 3.77. The summed E-state index contributed by atoms with van der Waals surface area (Å²) in [4.78, 5) is 21.7. The molecule has 2 aromatic rings. The fourth-order valence-electron chi connectivity index (χ4n) is 3.46. The van der Waals surface area contributed by atoms with E-state index in [9.17, 15) is 4.79 Å². The van der Waals surface area contributed by atoms with E-state index in [0.717, 1.165) is 54.8 Å². The fraction of sp³-hybridized carbons (Fsp3) is 0.292. The maximum absolute atomic E-state index is 12.4. The maximum Gasteiger partial charge on any atom is 0.286 e. The van der Waals surface area contributed by atoms with Gasteiger partial charge in [-0.2, -0.15) is 10.3 Å². The van der Waals surface area contributed by atoms with Crippen molar-refractivity contribution in [2.24, 2.45) is 4.99 Å². The second kappa shape index (κ2) is 10.3. The first kappa shape index (κ1) is 21.2. The summed E-state index contributed by atoms with van der Waals surface area (Å²) in [5, 5.41) is 9.51. The number of piperazine rings is 1. The molecular formula is C24H24N4O2S. The molecule has 0 atom stereocenters. The van der Waals surface area contributed by atoms with Gasteiger partial charge in [0.05, 0.1) is 11.0 Å². The molecule has 2 aliphatic rings. The van der Waals surface area contributed by atoms with Gasteiger partial charge < -0.3 is 9.64 Å². The molecule has 158 valence electrons. The zero-order chi connectivity index (χ0) is 21.5. The van der Waals surface area contributed by atoms with Crippen LogP contribution in [0.4, 0.5) is 0 Å². The molecule has 2 aromatic carbocycles. The highest BCUT2D eigenvalue weighted by Crippen LogP contribution is 2.31. The summed E-state index contributed by atoms with van der Waals surface area (Å²) in [5.41, 5.74) is 2.07. The lowest BCUT2D eigenvalue weighted by molar-refractivity contribution is -0.113. The van der Waals surface area contributed by atoms with Crippen LogP contribution in [0.2, 0.25) is 0 Å². The molecule has 2 heterocycles. The number of nitrogens with zero attached hydrogens (tertiary/aromatic N) is 4. The van der Waals surface area contributed by atoms with Gasteiger partial charge in [-0.05, 0) is 41.1 Å². The molecular weight excluding hydrogens is 408 g/mol. The Balaban J connectivity index is 1.31. The smallest absolute Gasteiger partial charge is 0.286 e. The van der Waals surface area contributed by atoms with Crippen molar-refractivity contribution in [1.82, 2.24) is 9.80 Å². The van der Waals surface area contributed by atoms with Gasteiger partial charge in [0.15, 0.2) is 5.17 Å². The SMILES string of the molecule is N#CCCN1CCN(C2=NC(=O)/C(=C\c3ccc(OCc4ccccc4)cc3)S2)CC1. The number of amidine groups is 1. The summed E-state index contributed by atoms with van der Waals surface area (Å²) >= 11 is 1.44. The molecule has 1 amide bonds. The number of carbonyl (C=O) groups is 1. The van der Waals surface area contributed by atoms with Crippen LogP contribution < -0.4 is 4.74 Å². The van der Waals surface area contributed by atoms with Gasteiger partial charge in [0.25, 0.3) is 5.91 Å². The molecule has 1 fully saturated rings. The van der Waals surface area contributed by atoms with Crippen molar-refractivity contribution in [3.63, 3.8) is 0 Å². The molecule has 0 N–H and O–H groups in total. The number of hydrogen-bond donors (Lipinski definition) is 0. The van der Waals surface area contributed by atoms with Crippen molar-refractivity contribution in [2.75, 3.05) is 32.7 Å². The Bertz CT molecular complexity index is 1000. The molecule has 7 heteroatoms. The van der Waals surface area contributed by atoms with Crippen molar-refractivity contribution in [2.45, 2.75) is 13.0 Å². The molecule has 0 bridgehead atoms. The Morgan fingerprint density at radius 2 is 1.81 bits per heavy atom. The number of thioether (sulfide) groups is 1. The highest BCUT2D eigenvalue weighted by molar-refractivity contribution is 8.18. The van der Waals surface area contributed by atoms with Gasteiger partial charge >= 0.3 is 0 Å². The molecule has 0 aromatic heterocycles. The molecule has 2 aliphatic heterocycles. The van der Waals surface area contributed by atoms with Gasteiger partial charge in [-0.25, -0.2) is 0 Å². The Labute approximate surface area is 186 Å². The van der Waals surface area contributed by atoms with Crippen molar-refractivity contribution in [3.8, 4) is 11.8 Å². The number of carbonyl (C=O) groups excluding carboxylic acids is 1. The third-order valence-corrected chi connectivity index (χ3v) is 6.26. The van der Waals surface area contributed by atoms with Crippen LogP contribution in [0.1, 0.15) is 17.5 Å². The first-order valence-corrected chi connectivity index (χ1v) is 11.2. The molecule has 1 saturated heterocycles. The molecule has 31 heavy (non-hydrogen) atoms. The van der Waals surface area contributed by atoms with Crippen LogP contribution >= 0.6 is 11.8 Å². The van der Waals surface area contributed by atoms with Crippen LogP contribution in [0, 0.1) is 11.3 Å². The standard InChI is InChI=1S/C24H24N4O2S/c25-11-4-12-27-13-15-28(16-14-27)24-26-23(29)22(31-24)17-19-7-9-21(10-8-19)30-18-20-5-2-1-3-6-20/h1-3,5-10,17H,4,12-16,18H2/b22-17+. The molecule has 0 unspecified atom stereocenters. The van der Waals surface area contributed by atoms with E-state index in [0.29, 0.717) is 17.9 Å². The third-order valence-electron chi connectivity index (χ3n) is 5.22. The Morgan fingerprint density at radius 3 is 2.52 bits per heavy atom. The Morgan fingerprint density at radius 1 is 1.06 bits per heavy atom. The highest BCUT2D eigenvalue weighted by atomic mass is 32.2. The number of benzene rings is 2. The van der Waals surface area contributed by atoms with E-state index >= 15 is 0 Å². The van der Waals surface area contributed by atoms with Gasteiger partial charge in [0.2, 0.25) is 0 Å². The lowest BCUT2D eigenvalue weighted by Crippen LogP contribution is -2.47. The van der Waals surface area contributed by atoms with Gasteiger partial charge in [0.1, 0.15) is 12.4 Å². The zero-order valence-electron chi connectivity index (χ0n) is 17.2. The molecule has 0 saturated carbocycles. The summed E-state index contributed by atoms with van der Waals surface area (Å²) in [6.45, 7) is 4.75. The summed E-state index contributed by atoms with van der Waals surface area (Å²) in [6.07, 6.45) is 2.44. The average molecular weight is 433 g/mol. The van der Waals surface area contributed by atoms with Crippen LogP contribution in [0.15, 0.2) is 64.5 Å². The van der Waals surface area contributed by atoms with Crippen LogP contribution in [0.3, 0.4) is 0 Å². The van der Waals surface area contributed by atoms with Crippen LogP contribution in [-0.4, -0.2) is 53.6 Å². The van der Waals surface area contributed by atoms with Crippen molar-refractivity contribution in [1.29, 1.82) is 5.26 Å². The number of rotatable bonds is 6. The van der Waals surface area contributed by atoms with E-state index in [2.05, 4.69) is 20.9 Å². The summed E-state index contributed by atoms with van der Waals surface area (Å²) < 4.78 is 5.82. The fourth-order valence-corrected chi connectivity index (χ4v) is 4.42. The van der Waals surface area contributed by atoms with E-state index in [1.165, 1.54) is 11.8 Å². The van der Waals surface area contributed by atoms with Gasteiger partial charge in [-0.1, -0.05) is 42.5 Å². The van der Waals surface area contributed by atoms with Gasteiger partial charge in [-0.15, -0.1) is 0 Å². The summed E-state index contributed by atoms with van der Waals surface area (Å²) in [7, 11) is 0. The molecule has 0 spiro atoms. The average Bonchev–Trinajstić information content (AvgIpc) is 3.18. The van der Waals surface area contributed by atoms with E-state index < -0.39 is 0 Å².